The Morgan fingerprint density at radius 3 is 1.94 bits per heavy atom. The van der Waals surface area contributed by atoms with Gasteiger partial charge in [-0.05, 0) is 74.1 Å². The van der Waals surface area contributed by atoms with E-state index in [2.05, 4.69) is 170 Å². The highest BCUT2D eigenvalue weighted by molar-refractivity contribution is 7.26. The summed E-state index contributed by atoms with van der Waals surface area (Å²) in [5.41, 5.74) is 10.2. The Morgan fingerprint density at radius 2 is 1.10 bits per heavy atom. The van der Waals surface area contributed by atoms with Crippen molar-refractivity contribution in [3.05, 3.63) is 170 Å². The van der Waals surface area contributed by atoms with Crippen LogP contribution >= 0.6 is 11.3 Å². The van der Waals surface area contributed by atoms with E-state index in [9.17, 15) is 0 Å². The summed E-state index contributed by atoms with van der Waals surface area (Å²) in [6, 6.07) is 60.2. The van der Waals surface area contributed by atoms with Crippen LogP contribution in [-0.4, -0.2) is 9.97 Å². The zero-order chi connectivity index (χ0) is 34.2. The molecule has 0 aliphatic carbocycles. The van der Waals surface area contributed by atoms with Gasteiger partial charge in [-0.25, -0.2) is 9.97 Å². The number of rotatable bonds is 4. The van der Waals surface area contributed by atoms with E-state index in [1.807, 2.05) is 0 Å². The van der Waals surface area contributed by atoms with Crippen LogP contribution in [0, 0.1) is 0 Å². The lowest BCUT2D eigenvalue weighted by atomic mass is 9.95. The number of fused-ring (bicyclic) bond motifs is 8. The number of benzene rings is 8. The summed E-state index contributed by atoms with van der Waals surface area (Å²) >= 11 is 1.75. The number of aromatic nitrogens is 2. The normalized spacial score (nSPS) is 11.8. The molecule has 8 aromatic carbocycles. The minimum atomic E-state index is 0.675. The highest BCUT2D eigenvalue weighted by atomic mass is 32.1. The first-order valence-electron chi connectivity index (χ1n) is 17.5. The molecule has 0 radical (unpaired) electrons. The van der Waals surface area contributed by atoms with Crippen molar-refractivity contribution in [1.82, 2.24) is 9.97 Å². The molecule has 3 heterocycles. The lowest BCUT2D eigenvalue weighted by Crippen LogP contribution is -1.94. The van der Waals surface area contributed by atoms with Crippen LogP contribution in [0.1, 0.15) is 0 Å². The van der Waals surface area contributed by atoms with E-state index >= 15 is 0 Å². The third-order valence-electron chi connectivity index (χ3n) is 10.3. The Morgan fingerprint density at radius 1 is 0.423 bits per heavy atom. The average molecular weight is 681 g/mol. The molecule has 0 N–H and O–H groups in total. The van der Waals surface area contributed by atoms with Crippen molar-refractivity contribution in [2.24, 2.45) is 0 Å². The fourth-order valence-electron chi connectivity index (χ4n) is 7.77. The first kappa shape index (κ1) is 29.1. The molecule has 52 heavy (non-hydrogen) atoms. The Labute approximate surface area is 303 Å². The molecular weight excluding hydrogens is 653 g/mol. The monoisotopic (exact) mass is 680 g/mol. The van der Waals surface area contributed by atoms with Gasteiger partial charge in [0.1, 0.15) is 11.2 Å². The molecular formula is C48H28N2OS. The Bertz CT molecular complexity index is 3170. The van der Waals surface area contributed by atoms with Crippen molar-refractivity contribution < 1.29 is 4.42 Å². The van der Waals surface area contributed by atoms with Gasteiger partial charge in [-0.1, -0.05) is 140 Å². The summed E-state index contributed by atoms with van der Waals surface area (Å²) in [5, 5.41) is 8.17. The number of hydrogen-bond donors (Lipinski definition) is 0. The minimum absolute atomic E-state index is 0.675. The molecule has 0 saturated heterocycles. The van der Waals surface area contributed by atoms with Gasteiger partial charge in [0.15, 0.2) is 5.82 Å². The van der Waals surface area contributed by atoms with Crippen molar-refractivity contribution in [3.8, 4) is 44.9 Å². The Hall–Kier alpha value is -6.62. The van der Waals surface area contributed by atoms with Gasteiger partial charge in [-0.2, -0.15) is 0 Å². The average Bonchev–Trinajstić information content (AvgIpc) is 3.77. The zero-order valence-corrected chi connectivity index (χ0v) is 28.7. The summed E-state index contributed by atoms with van der Waals surface area (Å²) in [4.78, 5) is 10.7. The Kier molecular flexibility index (Phi) is 6.42. The molecule has 3 nitrogen and oxygen atoms in total. The third-order valence-corrected chi connectivity index (χ3v) is 11.4. The van der Waals surface area contributed by atoms with E-state index in [-0.39, 0.29) is 0 Å². The maximum absolute atomic E-state index is 6.67. The standard InChI is InChI=1S/C48H28N2OS/c1-2-11-30(12-3-1)39-26-35(28-42-44(39)40-25-33-14-4-5-15-34(33)27-41(40)51-42)48-49-45(47-46(50-48)38-18-8-9-20-43(38)52-47)32-23-21-31(22-24-32)37-19-10-16-29-13-6-7-17-36(29)37/h1-28H. The van der Waals surface area contributed by atoms with Crippen molar-refractivity contribution in [2.45, 2.75) is 0 Å². The summed E-state index contributed by atoms with van der Waals surface area (Å²) in [6.07, 6.45) is 0. The van der Waals surface area contributed by atoms with Gasteiger partial charge in [0.25, 0.3) is 0 Å². The largest absolute Gasteiger partial charge is 0.456 e. The Balaban J connectivity index is 1.14. The quantitative estimate of drug-likeness (QED) is 0.186. The molecule has 0 aliphatic heterocycles. The third kappa shape index (κ3) is 4.58. The van der Waals surface area contributed by atoms with Crippen LogP contribution in [0.2, 0.25) is 0 Å². The van der Waals surface area contributed by atoms with Crippen molar-refractivity contribution in [2.75, 3.05) is 0 Å². The molecule has 11 rings (SSSR count). The number of nitrogens with zero attached hydrogens (tertiary/aromatic N) is 2. The molecule has 11 aromatic rings. The first-order valence-corrected chi connectivity index (χ1v) is 18.3. The second-order valence-corrected chi connectivity index (χ2v) is 14.4. The summed E-state index contributed by atoms with van der Waals surface area (Å²) in [6.45, 7) is 0. The molecule has 4 heteroatoms. The second-order valence-electron chi connectivity index (χ2n) is 13.3. The van der Waals surface area contributed by atoms with Gasteiger partial charge in [-0.3, -0.25) is 0 Å². The highest BCUT2D eigenvalue weighted by Crippen LogP contribution is 2.43. The molecule has 0 spiro atoms. The number of thiophene rings is 1. The molecule has 242 valence electrons. The lowest BCUT2D eigenvalue weighted by molar-refractivity contribution is 0.669. The van der Waals surface area contributed by atoms with Crippen molar-refractivity contribution >= 4 is 75.1 Å². The van der Waals surface area contributed by atoms with Crippen LogP contribution in [0.4, 0.5) is 0 Å². The predicted molar refractivity (Wildman–Crippen MR) is 219 cm³/mol. The maximum atomic E-state index is 6.67. The van der Waals surface area contributed by atoms with Gasteiger partial charge < -0.3 is 4.42 Å². The topological polar surface area (TPSA) is 38.9 Å². The summed E-state index contributed by atoms with van der Waals surface area (Å²) in [7, 11) is 0. The van der Waals surface area contributed by atoms with E-state index < -0.39 is 0 Å². The van der Waals surface area contributed by atoms with Crippen molar-refractivity contribution in [3.63, 3.8) is 0 Å². The minimum Gasteiger partial charge on any atom is -0.456 e. The van der Waals surface area contributed by atoms with Gasteiger partial charge in [0.2, 0.25) is 0 Å². The fourth-order valence-corrected chi connectivity index (χ4v) is 8.92. The zero-order valence-electron chi connectivity index (χ0n) is 27.9. The van der Waals surface area contributed by atoms with E-state index in [1.165, 1.54) is 32.0 Å². The van der Waals surface area contributed by atoms with Crippen LogP contribution in [0.3, 0.4) is 0 Å². The van der Waals surface area contributed by atoms with Gasteiger partial charge in [0.05, 0.1) is 15.9 Å². The van der Waals surface area contributed by atoms with Crippen LogP contribution < -0.4 is 0 Å². The first-order chi connectivity index (χ1) is 25.7. The van der Waals surface area contributed by atoms with Gasteiger partial charge >= 0.3 is 0 Å². The fraction of sp³-hybridized carbons (Fsp3) is 0. The molecule has 0 atom stereocenters. The van der Waals surface area contributed by atoms with Crippen LogP contribution in [0.5, 0.6) is 0 Å². The summed E-state index contributed by atoms with van der Waals surface area (Å²) in [5.74, 6) is 0.675. The van der Waals surface area contributed by atoms with Gasteiger partial charge in [0, 0.05) is 32.0 Å². The molecule has 0 aliphatic rings. The molecule has 0 amide bonds. The van der Waals surface area contributed by atoms with Gasteiger partial charge in [-0.15, -0.1) is 11.3 Å². The molecule has 3 aromatic heterocycles. The lowest BCUT2D eigenvalue weighted by Gasteiger charge is -2.11. The number of hydrogen-bond acceptors (Lipinski definition) is 4. The van der Waals surface area contributed by atoms with Crippen molar-refractivity contribution in [1.29, 1.82) is 0 Å². The van der Waals surface area contributed by atoms with E-state index in [1.54, 1.807) is 11.3 Å². The van der Waals surface area contributed by atoms with Crippen LogP contribution in [-0.2, 0) is 0 Å². The molecule has 0 fully saturated rings. The predicted octanol–water partition coefficient (Wildman–Crippen LogP) is 13.7. The van der Waals surface area contributed by atoms with E-state index in [4.69, 9.17) is 14.4 Å². The maximum Gasteiger partial charge on any atom is 0.160 e. The van der Waals surface area contributed by atoms with Crippen LogP contribution in [0.25, 0.3) is 109 Å². The van der Waals surface area contributed by atoms with E-state index in [0.717, 1.165) is 70.9 Å². The van der Waals surface area contributed by atoms with Crippen LogP contribution in [0.15, 0.2) is 174 Å². The molecule has 0 unspecified atom stereocenters. The highest BCUT2D eigenvalue weighted by Gasteiger charge is 2.20. The smallest absolute Gasteiger partial charge is 0.160 e. The summed E-state index contributed by atoms with van der Waals surface area (Å²) < 4.78 is 8.96. The van der Waals surface area contributed by atoms with E-state index in [0.29, 0.717) is 5.82 Å². The second kappa shape index (κ2) is 11.5. The molecule has 0 saturated carbocycles. The SMILES string of the molecule is c1ccc(-c2cc(-c3nc(-c4ccc(-c5cccc6ccccc56)cc4)c4sc5ccccc5c4n3)cc3oc4cc5ccccc5cc4c23)cc1. The molecule has 0 bridgehead atoms. The number of furan rings is 1.